The summed E-state index contributed by atoms with van der Waals surface area (Å²) in [7, 11) is 0.361. The van der Waals surface area contributed by atoms with Crippen molar-refractivity contribution < 1.29 is 14.3 Å². The van der Waals surface area contributed by atoms with Crippen LogP contribution in [0.3, 0.4) is 0 Å². The molecule has 1 aliphatic heterocycles. The number of carbonyl (C=O) groups excluding carboxylic acids is 1. The molecule has 168 valence electrons. The lowest BCUT2D eigenvalue weighted by atomic mass is 10.0. The molecule has 4 heteroatoms. The Hall–Kier alpha value is -2.38. The highest BCUT2D eigenvalue weighted by Gasteiger charge is 2.36. The molecule has 0 atom stereocenters. The molecule has 3 nitrogen and oxygen atoms in total. The third-order valence-corrected chi connectivity index (χ3v) is 8.78. The van der Waals surface area contributed by atoms with Crippen molar-refractivity contribution in [1.82, 2.24) is 0 Å². The number of rotatable bonds is 5. The van der Waals surface area contributed by atoms with Gasteiger partial charge in [0.25, 0.3) is 0 Å². The zero-order chi connectivity index (χ0) is 22.4. The number of carbonyl (C=O) groups is 1. The number of esters is 1. The molecule has 4 rings (SSSR count). The van der Waals surface area contributed by atoms with E-state index < -0.39 is 5.60 Å². The summed E-state index contributed by atoms with van der Waals surface area (Å²) >= 11 is 0. The summed E-state index contributed by atoms with van der Waals surface area (Å²) in [5.74, 6) is 9.53. The van der Waals surface area contributed by atoms with Crippen LogP contribution in [0.1, 0.15) is 61.6 Å². The average molecular weight is 450 g/mol. The van der Waals surface area contributed by atoms with E-state index in [0.29, 0.717) is 10.9 Å². The lowest BCUT2D eigenvalue weighted by molar-refractivity contribution is -0.156. The number of hydrogen-bond acceptors (Lipinski definition) is 3. The summed E-state index contributed by atoms with van der Waals surface area (Å²) in [6.07, 6.45) is 7.65. The lowest BCUT2D eigenvalue weighted by Gasteiger charge is -2.23. The third kappa shape index (κ3) is 5.70. The van der Waals surface area contributed by atoms with E-state index in [2.05, 4.69) is 37.8 Å². The van der Waals surface area contributed by atoms with Crippen LogP contribution in [0.2, 0.25) is 0 Å². The maximum absolute atomic E-state index is 12.7. The highest BCUT2D eigenvalue weighted by Crippen LogP contribution is 2.34. The van der Waals surface area contributed by atoms with Crippen molar-refractivity contribution in [3.8, 4) is 17.6 Å². The van der Waals surface area contributed by atoms with Gasteiger partial charge in [0, 0.05) is 16.5 Å². The van der Waals surface area contributed by atoms with E-state index in [1.807, 2.05) is 30.3 Å². The van der Waals surface area contributed by atoms with Gasteiger partial charge in [-0.25, -0.2) is 4.79 Å². The predicted molar refractivity (Wildman–Crippen MR) is 131 cm³/mol. The van der Waals surface area contributed by atoms with Crippen LogP contribution in [0.15, 0.2) is 47.4 Å². The molecule has 1 aliphatic carbocycles. The highest BCUT2D eigenvalue weighted by atomic mass is 32.2. The third-order valence-electron chi connectivity index (χ3n) is 6.31. The topological polar surface area (TPSA) is 35.5 Å². The Balaban J connectivity index is 1.40. The Bertz CT molecular complexity index is 967. The fourth-order valence-electron chi connectivity index (χ4n) is 4.66. The van der Waals surface area contributed by atoms with Gasteiger partial charge in [-0.1, -0.05) is 24.1 Å². The molecule has 1 heterocycles. The first-order chi connectivity index (χ1) is 15.5. The highest BCUT2D eigenvalue weighted by molar-refractivity contribution is 7.96. The maximum atomic E-state index is 12.7. The van der Waals surface area contributed by atoms with E-state index in [4.69, 9.17) is 9.47 Å². The summed E-state index contributed by atoms with van der Waals surface area (Å²) in [6, 6.07) is 14.4. The second-order valence-electron chi connectivity index (χ2n) is 8.93. The van der Waals surface area contributed by atoms with Crippen LogP contribution in [-0.4, -0.2) is 29.7 Å². The molecule has 0 spiro atoms. The van der Waals surface area contributed by atoms with Gasteiger partial charge in [0.1, 0.15) is 17.3 Å². The van der Waals surface area contributed by atoms with E-state index in [0.717, 1.165) is 48.1 Å². The van der Waals surface area contributed by atoms with Gasteiger partial charge in [-0.2, -0.15) is 0 Å². The zero-order valence-corrected chi connectivity index (χ0v) is 20.1. The Kier molecular flexibility index (Phi) is 7.48. The lowest BCUT2D eigenvalue weighted by Crippen LogP contribution is -2.32. The molecule has 1 saturated carbocycles. The molecular formula is C28H33O3S+. The van der Waals surface area contributed by atoms with Gasteiger partial charge in [0.15, 0.2) is 17.1 Å². The van der Waals surface area contributed by atoms with Gasteiger partial charge in [-0.05, 0) is 100 Å². The summed E-state index contributed by atoms with van der Waals surface area (Å²) in [6.45, 7) is 4.07. The van der Waals surface area contributed by atoms with Crippen molar-refractivity contribution in [2.75, 3.05) is 18.1 Å². The van der Waals surface area contributed by atoms with Crippen LogP contribution < -0.4 is 4.74 Å². The first kappa shape index (κ1) is 22.8. The van der Waals surface area contributed by atoms with Crippen LogP contribution in [0.5, 0.6) is 5.75 Å². The molecule has 2 aromatic carbocycles. The molecule has 0 bridgehead atoms. The molecule has 0 aromatic heterocycles. The van der Waals surface area contributed by atoms with Crippen LogP contribution >= 0.6 is 0 Å². The molecule has 2 fully saturated rings. The normalized spacial score (nSPS) is 17.9. The number of hydrogen-bond donors (Lipinski definition) is 0. The Morgan fingerprint density at radius 3 is 2.28 bits per heavy atom. The van der Waals surface area contributed by atoms with Crippen LogP contribution in [0.25, 0.3) is 0 Å². The van der Waals surface area contributed by atoms with Gasteiger partial charge in [0.05, 0.1) is 0 Å². The van der Waals surface area contributed by atoms with Crippen LogP contribution in [-0.2, 0) is 20.4 Å². The molecular weight excluding hydrogens is 416 g/mol. The fourth-order valence-corrected chi connectivity index (χ4v) is 7.12. The minimum absolute atomic E-state index is 0.0818. The van der Waals surface area contributed by atoms with Crippen LogP contribution in [0.4, 0.5) is 0 Å². The van der Waals surface area contributed by atoms with E-state index in [9.17, 15) is 4.79 Å². The van der Waals surface area contributed by atoms with Crippen molar-refractivity contribution in [2.45, 2.75) is 69.3 Å². The molecule has 0 unspecified atom stereocenters. The number of aryl methyl sites for hydroxylation is 2. The summed E-state index contributed by atoms with van der Waals surface area (Å²) in [5, 5.41) is 0. The van der Waals surface area contributed by atoms with E-state index in [1.165, 1.54) is 35.7 Å². The molecule has 0 radical (unpaired) electrons. The Morgan fingerprint density at radius 1 is 0.969 bits per heavy atom. The van der Waals surface area contributed by atoms with E-state index >= 15 is 0 Å². The minimum atomic E-state index is -0.688. The second kappa shape index (κ2) is 10.5. The smallest absolute Gasteiger partial charge is 0.345 e. The number of benzene rings is 2. The minimum Gasteiger partial charge on any atom is -0.481 e. The molecule has 1 saturated heterocycles. The standard InChI is InChI=1S/C28H33O3S/c1-22-19-25(32-17-9-4-10-18-32)20-23(2)27(22)30-21-26(29)31-28(14-7-8-15-28)16-13-24-11-5-3-6-12-24/h3,5-6,11-12,19-20H,4,7-10,14-15,17-18,21H2,1-2H3/q+1. The van der Waals surface area contributed by atoms with Crippen molar-refractivity contribution in [3.63, 3.8) is 0 Å². The first-order valence-electron chi connectivity index (χ1n) is 11.8. The van der Waals surface area contributed by atoms with E-state index in [1.54, 1.807) is 0 Å². The van der Waals surface area contributed by atoms with Crippen molar-refractivity contribution in [3.05, 3.63) is 59.2 Å². The van der Waals surface area contributed by atoms with Gasteiger partial charge >= 0.3 is 5.97 Å². The van der Waals surface area contributed by atoms with E-state index in [-0.39, 0.29) is 12.6 Å². The largest absolute Gasteiger partial charge is 0.481 e. The zero-order valence-electron chi connectivity index (χ0n) is 19.2. The second-order valence-corrected chi connectivity index (χ2v) is 11.2. The Morgan fingerprint density at radius 2 is 1.62 bits per heavy atom. The van der Waals surface area contributed by atoms with Crippen molar-refractivity contribution >= 4 is 16.9 Å². The molecule has 0 N–H and O–H groups in total. The molecule has 2 aromatic rings. The van der Waals surface area contributed by atoms with Crippen molar-refractivity contribution in [2.24, 2.45) is 0 Å². The van der Waals surface area contributed by atoms with Gasteiger partial charge in [0.2, 0.25) is 0 Å². The monoisotopic (exact) mass is 449 g/mol. The van der Waals surface area contributed by atoms with Gasteiger partial charge in [-0.3, -0.25) is 0 Å². The SMILES string of the molecule is Cc1cc([S+]2CCCCC2)cc(C)c1OCC(=O)OC1(C#Cc2ccccc2)CCCC1. The van der Waals surface area contributed by atoms with Gasteiger partial charge in [-0.15, -0.1) is 0 Å². The number of ether oxygens (including phenoxy) is 2. The summed E-state index contributed by atoms with van der Waals surface area (Å²) in [4.78, 5) is 14.2. The quantitative estimate of drug-likeness (QED) is 0.331. The average Bonchev–Trinajstić information content (AvgIpc) is 3.27. The summed E-state index contributed by atoms with van der Waals surface area (Å²) < 4.78 is 11.9. The van der Waals surface area contributed by atoms with Crippen molar-refractivity contribution in [1.29, 1.82) is 0 Å². The molecule has 2 aliphatic rings. The maximum Gasteiger partial charge on any atom is 0.345 e. The van der Waals surface area contributed by atoms with Crippen LogP contribution in [0, 0.1) is 25.7 Å². The fraction of sp³-hybridized carbons (Fsp3) is 0.464. The Labute approximate surface area is 195 Å². The summed E-state index contributed by atoms with van der Waals surface area (Å²) in [5.41, 5.74) is 2.46. The molecule has 0 amide bonds. The first-order valence-corrected chi connectivity index (χ1v) is 13.3. The van der Waals surface area contributed by atoms with Gasteiger partial charge < -0.3 is 9.47 Å². The molecule has 32 heavy (non-hydrogen) atoms. The predicted octanol–water partition coefficient (Wildman–Crippen LogP) is 5.75.